The first-order chi connectivity index (χ1) is 9.69. The van der Waals surface area contributed by atoms with Crippen LogP contribution in [0.3, 0.4) is 0 Å². The number of hydrogen-bond acceptors (Lipinski definition) is 3. The molecule has 0 bridgehead atoms. The van der Waals surface area contributed by atoms with Crippen LogP contribution in [0.5, 0.6) is 0 Å². The molecule has 0 atom stereocenters. The molecule has 1 aromatic rings. The summed E-state index contributed by atoms with van der Waals surface area (Å²) in [6.45, 7) is 7.30. The van der Waals surface area contributed by atoms with E-state index in [0.717, 1.165) is 25.1 Å². The monoisotopic (exact) mass is 278 g/mol. The second-order valence-electron chi connectivity index (χ2n) is 4.77. The average molecular weight is 278 g/mol. The summed E-state index contributed by atoms with van der Waals surface area (Å²) in [5, 5.41) is 12.5. The van der Waals surface area contributed by atoms with Crippen LogP contribution in [0.2, 0.25) is 0 Å². The predicted octanol–water partition coefficient (Wildman–Crippen LogP) is 2.74. The Morgan fingerprint density at radius 3 is 2.45 bits per heavy atom. The molecule has 2 N–H and O–H groups in total. The zero-order valence-corrected chi connectivity index (χ0v) is 12.7. The Kier molecular flexibility index (Phi) is 7.09. The van der Waals surface area contributed by atoms with Crippen LogP contribution in [0.1, 0.15) is 44.0 Å². The van der Waals surface area contributed by atoms with Gasteiger partial charge in [-0.1, -0.05) is 26.0 Å². The lowest BCUT2D eigenvalue weighted by Gasteiger charge is -2.30. The van der Waals surface area contributed by atoms with Gasteiger partial charge < -0.3 is 15.3 Å². The van der Waals surface area contributed by atoms with E-state index in [4.69, 9.17) is 0 Å². The van der Waals surface area contributed by atoms with Crippen molar-refractivity contribution in [3.05, 3.63) is 29.8 Å². The van der Waals surface area contributed by atoms with E-state index in [9.17, 15) is 9.90 Å². The first kappa shape index (κ1) is 16.5. The number of para-hydroxylation sites is 1. The number of nitrogens with one attached hydrogen (secondary N) is 1. The van der Waals surface area contributed by atoms with Gasteiger partial charge in [-0.15, -0.1) is 0 Å². The van der Waals surface area contributed by atoms with Crippen LogP contribution in [-0.2, 0) is 0 Å². The number of hydrogen-bond donors (Lipinski definition) is 2. The third-order valence-electron chi connectivity index (χ3n) is 3.51. The predicted molar refractivity (Wildman–Crippen MR) is 83.1 cm³/mol. The van der Waals surface area contributed by atoms with Gasteiger partial charge in [0.25, 0.3) is 5.91 Å². The van der Waals surface area contributed by atoms with Gasteiger partial charge >= 0.3 is 0 Å². The van der Waals surface area contributed by atoms with Crippen molar-refractivity contribution in [1.29, 1.82) is 0 Å². The van der Waals surface area contributed by atoms with E-state index in [1.54, 1.807) is 4.90 Å². The molecule has 112 valence electrons. The highest BCUT2D eigenvalue weighted by molar-refractivity contribution is 5.99. The van der Waals surface area contributed by atoms with E-state index in [2.05, 4.69) is 19.2 Å². The number of aliphatic hydroxyl groups is 1. The molecule has 0 heterocycles. The smallest absolute Gasteiger partial charge is 0.256 e. The largest absolute Gasteiger partial charge is 0.395 e. The molecule has 0 unspecified atom stereocenters. The molecule has 4 heteroatoms. The lowest BCUT2D eigenvalue weighted by atomic mass is 10.1. The SMILES string of the molecule is CCNc1ccccc1C(=O)N(CCO)C(CC)CC. The number of carbonyl (C=O) groups is 1. The Morgan fingerprint density at radius 2 is 1.90 bits per heavy atom. The highest BCUT2D eigenvalue weighted by Crippen LogP contribution is 2.20. The average Bonchev–Trinajstić information content (AvgIpc) is 2.48. The van der Waals surface area contributed by atoms with E-state index >= 15 is 0 Å². The normalized spacial score (nSPS) is 10.7. The highest BCUT2D eigenvalue weighted by atomic mass is 16.3. The van der Waals surface area contributed by atoms with Crippen LogP contribution >= 0.6 is 0 Å². The van der Waals surface area contributed by atoms with Crippen LogP contribution in [0, 0.1) is 0 Å². The Bertz CT molecular complexity index is 417. The van der Waals surface area contributed by atoms with Crippen LogP contribution in [0.25, 0.3) is 0 Å². The van der Waals surface area contributed by atoms with Crippen LogP contribution in [-0.4, -0.2) is 41.7 Å². The fourth-order valence-electron chi connectivity index (χ4n) is 2.46. The first-order valence-electron chi connectivity index (χ1n) is 7.44. The summed E-state index contributed by atoms with van der Waals surface area (Å²) in [5.74, 6) is -0.00991. The van der Waals surface area contributed by atoms with Crippen molar-refractivity contribution >= 4 is 11.6 Å². The molecule has 0 aliphatic carbocycles. The van der Waals surface area contributed by atoms with Gasteiger partial charge in [0.05, 0.1) is 12.2 Å². The minimum absolute atomic E-state index is 0.00832. The number of nitrogens with zero attached hydrogens (tertiary/aromatic N) is 1. The van der Waals surface area contributed by atoms with Crippen molar-refractivity contribution in [2.75, 3.05) is 25.0 Å². The number of aliphatic hydroxyl groups excluding tert-OH is 1. The van der Waals surface area contributed by atoms with Gasteiger partial charge in [0.1, 0.15) is 0 Å². The number of carbonyl (C=O) groups excluding carboxylic acids is 1. The molecule has 1 amide bonds. The Hall–Kier alpha value is -1.55. The van der Waals surface area contributed by atoms with E-state index < -0.39 is 0 Å². The second kappa shape index (κ2) is 8.59. The maximum absolute atomic E-state index is 12.8. The van der Waals surface area contributed by atoms with Crippen LogP contribution in [0.15, 0.2) is 24.3 Å². The van der Waals surface area contributed by atoms with Crippen molar-refractivity contribution < 1.29 is 9.90 Å². The van der Waals surface area contributed by atoms with Crippen LogP contribution < -0.4 is 5.32 Å². The molecule has 0 saturated heterocycles. The topological polar surface area (TPSA) is 52.6 Å². The van der Waals surface area contributed by atoms with Crippen molar-refractivity contribution in [2.45, 2.75) is 39.7 Å². The highest BCUT2D eigenvalue weighted by Gasteiger charge is 2.23. The lowest BCUT2D eigenvalue weighted by Crippen LogP contribution is -2.41. The molecular weight excluding hydrogens is 252 g/mol. The number of benzene rings is 1. The van der Waals surface area contributed by atoms with E-state index in [1.165, 1.54) is 0 Å². The molecule has 0 aliphatic heterocycles. The van der Waals surface area contributed by atoms with Crippen molar-refractivity contribution in [2.24, 2.45) is 0 Å². The quantitative estimate of drug-likeness (QED) is 0.769. The van der Waals surface area contributed by atoms with Crippen LogP contribution in [0.4, 0.5) is 5.69 Å². The molecule has 4 nitrogen and oxygen atoms in total. The van der Waals surface area contributed by atoms with E-state index in [1.807, 2.05) is 31.2 Å². The fourth-order valence-corrected chi connectivity index (χ4v) is 2.46. The summed E-state index contributed by atoms with van der Waals surface area (Å²) >= 11 is 0. The summed E-state index contributed by atoms with van der Waals surface area (Å²) in [5.41, 5.74) is 1.53. The number of rotatable bonds is 8. The Balaban J connectivity index is 3.05. The standard InChI is InChI=1S/C16H26N2O2/c1-4-13(5-2)18(11-12-19)16(20)14-9-7-8-10-15(14)17-6-3/h7-10,13,17,19H,4-6,11-12H2,1-3H3. The molecule has 0 radical (unpaired) electrons. The molecule has 0 fully saturated rings. The second-order valence-corrected chi connectivity index (χ2v) is 4.77. The molecule has 0 aromatic heterocycles. The maximum atomic E-state index is 12.8. The number of anilines is 1. The fraction of sp³-hybridized carbons (Fsp3) is 0.562. The first-order valence-corrected chi connectivity index (χ1v) is 7.44. The molecule has 0 spiro atoms. The Labute approximate surface area is 121 Å². The third kappa shape index (κ3) is 3.97. The van der Waals surface area contributed by atoms with Gasteiger partial charge in [-0.25, -0.2) is 0 Å². The number of amides is 1. The molecule has 0 saturated carbocycles. The summed E-state index contributed by atoms with van der Waals surface area (Å²) < 4.78 is 0. The molecule has 1 aromatic carbocycles. The van der Waals surface area contributed by atoms with Gasteiger partial charge in [-0.2, -0.15) is 0 Å². The van der Waals surface area contributed by atoms with Crippen molar-refractivity contribution in [3.63, 3.8) is 0 Å². The minimum Gasteiger partial charge on any atom is -0.395 e. The van der Waals surface area contributed by atoms with Gasteiger partial charge in [0, 0.05) is 24.8 Å². The molecule has 20 heavy (non-hydrogen) atoms. The van der Waals surface area contributed by atoms with E-state index in [-0.39, 0.29) is 18.6 Å². The van der Waals surface area contributed by atoms with E-state index in [0.29, 0.717) is 12.1 Å². The zero-order chi connectivity index (χ0) is 15.0. The van der Waals surface area contributed by atoms with Gasteiger partial charge in [-0.3, -0.25) is 4.79 Å². The summed E-state index contributed by atoms with van der Waals surface area (Å²) in [4.78, 5) is 14.6. The third-order valence-corrected chi connectivity index (χ3v) is 3.51. The van der Waals surface area contributed by atoms with Crippen molar-refractivity contribution in [3.8, 4) is 0 Å². The molecular formula is C16H26N2O2. The Morgan fingerprint density at radius 1 is 1.25 bits per heavy atom. The maximum Gasteiger partial charge on any atom is 0.256 e. The lowest BCUT2D eigenvalue weighted by molar-refractivity contribution is 0.0623. The van der Waals surface area contributed by atoms with Gasteiger partial charge in [0.15, 0.2) is 0 Å². The van der Waals surface area contributed by atoms with Crippen molar-refractivity contribution in [1.82, 2.24) is 4.90 Å². The molecule has 0 aliphatic rings. The summed E-state index contributed by atoms with van der Waals surface area (Å²) in [7, 11) is 0. The minimum atomic E-state index is -0.00991. The zero-order valence-electron chi connectivity index (χ0n) is 12.7. The summed E-state index contributed by atoms with van der Waals surface area (Å²) in [6, 6.07) is 7.72. The summed E-state index contributed by atoms with van der Waals surface area (Å²) in [6.07, 6.45) is 1.79. The van der Waals surface area contributed by atoms with Gasteiger partial charge in [0.2, 0.25) is 0 Å². The molecule has 1 rings (SSSR count). The van der Waals surface area contributed by atoms with Gasteiger partial charge in [-0.05, 0) is 31.9 Å².